The number of rotatable bonds is 9. The van der Waals surface area contributed by atoms with Crippen molar-refractivity contribution in [2.24, 2.45) is 4.99 Å². The van der Waals surface area contributed by atoms with Crippen molar-refractivity contribution in [2.75, 3.05) is 44.3 Å². The molecule has 1 saturated heterocycles. The van der Waals surface area contributed by atoms with Crippen LogP contribution in [-0.4, -0.2) is 67.1 Å². The van der Waals surface area contributed by atoms with Gasteiger partial charge in [0.2, 0.25) is 5.96 Å². The first-order valence-corrected chi connectivity index (χ1v) is 12.8. The standard InChI is InChI=1S/C29H34N4O3/c1-23-9-5-6-13-27(23)33-28(34)26(21-24-10-3-2-4-11-24)30-29(33)32(22-25-12-7-18-36-25)15-8-14-31-16-19-35-20-17-31/h2-7,9-13,18,26H,8,14-17,19-22H2,1H3. The van der Waals surface area contributed by atoms with Crippen molar-refractivity contribution < 1.29 is 13.9 Å². The molecule has 5 rings (SSSR count). The highest BCUT2D eigenvalue weighted by Gasteiger charge is 2.39. The molecular weight excluding hydrogens is 452 g/mol. The molecule has 1 aromatic heterocycles. The second kappa shape index (κ2) is 11.5. The predicted molar refractivity (Wildman–Crippen MR) is 141 cm³/mol. The summed E-state index contributed by atoms with van der Waals surface area (Å²) < 4.78 is 11.2. The zero-order valence-electron chi connectivity index (χ0n) is 20.9. The van der Waals surface area contributed by atoms with Crippen LogP contribution in [0.4, 0.5) is 5.69 Å². The number of nitrogens with zero attached hydrogens (tertiary/aromatic N) is 4. The molecule has 1 fully saturated rings. The van der Waals surface area contributed by atoms with Gasteiger partial charge in [0, 0.05) is 32.6 Å². The summed E-state index contributed by atoms with van der Waals surface area (Å²) in [7, 11) is 0. The summed E-state index contributed by atoms with van der Waals surface area (Å²) in [5.41, 5.74) is 3.04. The van der Waals surface area contributed by atoms with E-state index in [-0.39, 0.29) is 5.91 Å². The fourth-order valence-electron chi connectivity index (χ4n) is 4.88. The molecule has 1 atom stereocenters. The average Bonchev–Trinajstić information content (AvgIpc) is 3.53. The number of hydrogen-bond donors (Lipinski definition) is 0. The van der Waals surface area contributed by atoms with Gasteiger partial charge in [-0.15, -0.1) is 0 Å². The van der Waals surface area contributed by atoms with Crippen molar-refractivity contribution in [3.63, 3.8) is 0 Å². The van der Waals surface area contributed by atoms with E-state index in [2.05, 4.69) is 21.9 Å². The zero-order valence-corrected chi connectivity index (χ0v) is 20.9. The SMILES string of the molecule is Cc1ccccc1N1C(=O)C(Cc2ccccc2)N=C1N(CCCN1CCOCC1)Cc1ccco1. The highest BCUT2D eigenvalue weighted by atomic mass is 16.5. The smallest absolute Gasteiger partial charge is 0.259 e. The second-order valence-electron chi connectivity index (χ2n) is 9.40. The van der Waals surface area contributed by atoms with Crippen LogP contribution in [0.3, 0.4) is 0 Å². The quantitative estimate of drug-likeness (QED) is 0.455. The van der Waals surface area contributed by atoms with Gasteiger partial charge in [0.15, 0.2) is 0 Å². The van der Waals surface area contributed by atoms with Crippen LogP contribution < -0.4 is 4.90 Å². The molecule has 2 aromatic carbocycles. The van der Waals surface area contributed by atoms with Crippen molar-refractivity contribution in [3.8, 4) is 0 Å². The normalized spacial score (nSPS) is 18.5. The van der Waals surface area contributed by atoms with Crippen LogP contribution in [0.25, 0.3) is 0 Å². The maximum atomic E-state index is 13.8. The Hall–Kier alpha value is -3.42. The van der Waals surface area contributed by atoms with Crippen molar-refractivity contribution >= 4 is 17.6 Å². The van der Waals surface area contributed by atoms with Gasteiger partial charge in [0.05, 0.1) is 31.7 Å². The number of benzene rings is 2. The highest BCUT2D eigenvalue weighted by molar-refractivity contribution is 6.22. The molecule has 3 aromatic rings. The zero-order chi connectivity index (χ0) is 24.7. The van der Waals surface area contributed by atoms with Crippen LogP contribution in [0.15, 0.2) is 82.4 Å². The number of carbonyl (C=O) groups excluding carboxylic acids is 1. The molecule has 7 nitrogen and oxygen atoms in total. The van der Waals surface area contributed by atoms with Crippen LogP contribution >= 0.6 is 0 Å². The van der Waals surface area contributed by atoms with Gasteiger partial charge in [0.1, 0.15) is 11.8 Å². The number of carbonyl (C=O) groups is 1. The number of morpholine rings is 1. The number of anilines is 1. The van der Waals surface area contributed by atoms with Gasteiger partial charge in [0.25, 0.3) is 5.91 Å². The van der Waals surface area contributed by atoms with E-state index in [4.69, 9.17) is 14.1 Å². The lowest BCUT2D eigenvalue weighted by Gasteiger charge is -2.31. The third-order valence-electron chi connectivity index (χ3n) is 6.82. The number of guanidine groups is 1. The lowest BCUT2D eigenvalue weighted by Crippen LogP contribution is -2.46. The first-order valence-electron chi connectivity index (χ1n) is 12.8. The fraction of sp³-hybridized carbons (Fsp3) is 0.379. The number of ether oxygens (including phenoxy) is 1. The molecule has 1 amide bonds. The molecule has 1 unspecified atom stereocenters. The Morgan fingerprint density at radius 2 is 1.78 bits per heavy atom. The molecule has 7 heteroatoms. The Balaban J connectivity index is 1.43. The molecule has 2 aliphatic heterocycles. The molecule has 0 N–H and O–H groups in total. The van der Waals surface area contributed by atoms with Crippen LogP contribution in [-0.2, 0) is 22.5 Å². The summed E-state index contributed by atoms with van der Waals surface area (Å²) >= 11 is 0. The first-order chi connectivity index (χ1) is 17.7. The summed E-state index contributed by atoms with van der Waals surface area (Å²) in [5.74, 6) is 1.57. The number of amides is 1. The minimum absolute atomic E-state index is 0.0146. The van der Waals surface area contributed by atoms with Gasteiger partial charge in [-0.05, 0) is 42.7 Å². The van der Waals surface area contributed by atoms with E-state index in [1.807, 2.05) is 66.4 Å². The van der Waals surface area contributed by atoms with Gasteiger partial charge in [-0.25, -0.2) is 9.89 Å². The third kappa shape index (κ3) is 5.69. The summed E-state index contributed by atoms with van der Waals surface area (Å²) in [6, 6.07) is 21.6. The molecule has 0 spiro atoms. The number of aryl methyl sites for hydroxylation is 1. The Bertz CT molecular complexity index is 1160. The van der Waals surface area contributed by atoms with Crippen molar-refractivity contribution in [3.05, 3.63) is 89.9 Å². The Morgan fingerprint density at radius 1 is 1.00 bits per heavy atom. The van der Waals surface area contributed by atoms with Gasteiger partial charge >= 0.3 is 0 Å². The minimum atomic E-state index is -0.458. The van der Waals surface area contributed by atoms with E-state index < -0.39 is 6.04 Å². The predicted octanol–water partition coefficient (Wildman–Crippen LogP) is 4.13. The van der Waals surface area contributed by atoms with Gasteiger partial charge in [-0.1, -0.05) is 48.5 Å². The molecule has 3 heterocycles. The summed E-state index contributed by atoms with van der Waals surface area (Å²) in [6.45, 7) is 7.86. The Morgan fingerprint density at radius 3 is 2.53 bits per heavy atom. The summed E-state index contributed by atoms with van der Waals surface area (Å²) in [4.78, 5) is 25.4. The van der Waals surface area contributed by atoms with Crippen molar-refractivity contribution in [1.82, 2.24) is 9.80 Å². The Kier molecular flexibility index (Phi) is 7.79. The number of aliphatic imine (C=N–C) groups is 1. The molecule has 188 valence electrons. The molecular formula is C29H34N4O3. The lowest BCUT2D eigenvalue weighted by atomic mass is 10.1. The van der Waals surface area contributed by atoms with E-state index in [0.29, 0.717) is 18.9 Å². The monoisotopic (exact) mass is 486 g/mol. The van der Waals surface area contributed by atoms with Gasteiger partial charge in [-0.3, -0.25) is 9.69 Å². The molecule has 0 bridgehead atoms. The van der Waals surface area contributed by atoms with Gasteiger partial charge < -0.3 is 14.1 Å². The topological polar surface area (TPSA) is 61.5 Å². The molecule has 0 radical (unpaired) electrons. The van der Waals surface area contributed by atoms with E-state index >= 15 is 0 Å². The van der Waals surface area contributed by atoms with Crippen LogP contribution in [0.2, 0.25) is 0 Å². The summed E-state index contributed by atoms with van der Waals surface area (Å²) in [5, 5.41) is 0. The van der Waals surface area contributed by atoms with Crippen LogP contribution in [0.5, 0.6) is 0 Å². The maximum Gasteiger partial charge on any atom is 0.259 e. The van der Waals surface area contributed by atoms with Crippen molar-refractivity contribution in [1.29, 1.82) is 0 Å². The van der Waals surface area contributed by atoms with Crippen LogP contribution in [0, 0.1) is 6.92 Å². The molecule has 0 saturated carbocycles. The number of furan rings is 1. The van der Waals surface area contributed by atoms with E-state index in [0.717, 1.165) is 68.4 Å². The number of hydrogen-bond acceptors (Lipinski definition) is 6. The van der Waals surface area contributed by atoms with E-state index in [1.165, 1.54) is 0 Å². The number of para-hydroxylation sites is 1. The first kappa shape index (κ1) is 24.3. The van der Waals surface area contributed by atoms with E-state index in [9.17, 15) is 4.79 Å². The minimum Gasteiger partial charge on any atom is -0.467 e. The van der Waals surface area contributed by atoms with Gasteiger partial charge in [-0.2, -0.15) is 0 Å². The van der Waals surface area contributed by atoms with E-state index in [1.54, 1.807) is 6.26 Å². The molecule has 36 heavy (non-hydrogen) atoms. The van der Waals surface area contributed by atoms with Crippen LogP contribution in [0.1, 0.15) is 23.3 Å². The maximum absolute atomic E-state index is 13.8. The summed E-state index contributed by atoms with van der Waals surface area (Å²) in [6.07, 6.45) is 3.23. The fourth-order valence-corrected chi connectivity index (χ4v) is 4.88. The largest absolute Gasteiger partial charge is 0.467 e. The average molecular weight is 487 g/mol. The highest BCUT2D eigenvalue weighted by Crippen LogP contribution is 2.28. The Labute approximate surface area is 213 Å². The second-order valence-corrected chi connectivity index (χ2v) is 9.40. The third-order valence-corrected chi connectivity index (χ3v) is 6.82. The lowest BCUT2D eigenvalue weighted by molar-refractivity contribution is -0.118. The van der Waals surface area contributed by atoms with Crippen molar-refractivity contribution in [2.45, 2.75) is 32.4 Å². The molecule has 0 aliphatic carbocycles. The molecule has 2 aliphatic rings.